The van der Waals surface area contributed by atoms with Gasteiger partial charge >= 0.3 is 14.5 Å². The molecule has 5 nitrogen and oxygen atoms in total. The van der Waals surface area contributed by atoms with Gasteiger partial charge in [0.15, 0.2) is 0 Å². The number of ether oxygens (including phenoxy) is 1. The standard InChI is InChI=1S/C12H27NO4Si/c1-15-12(14)8-7-10-13-9-5-6-11-18(4,16-2)17-3/h13H,5-11H2,1-4H3. The highest BCUT2D eigenvalue weighted by Crippen LogP contribution is 2.14. The number of nitrogens with one attached hydrogen (secondary N) is 1. The summed E-state index contributed by atoms with van der Waals surface area (Å²) in [6.45, 7) is 3.91. The van der Waals surface area contributed by atoms with Crippen molar-refractivity contribution in [2.75, 3.05) is 34.4 Å². The molecular weight excluding hydrogens is 250 g/mol. The second-order valence-electron chi connectivity index (χ2n) is 4.43. The van der Waals surface area contributed by atoms with Crippen molar-refractivity contribution in [1.29, 1.82) is 0 Å². The van der Waals surface area contributed by atoms with Crippen molar-refractivity contribution in [3.05, 3.63) is 0 Å². The summed E-state index contributed by atoms with van der Waals surface area (Å²) in [5, 5.41) is 3.31. The van der Waals surface area contributed by atoms with Crippen LogP contribution in [-0.4, -0.2) is 48.9 Å². The van der Waals surface area contributed by atoms with E-state index < -0.39 is 8.56 Å². The number of hydrogen-bond donors (Lipinski definition) is 1. The molecule has 18 heavy (non-hydrogen) atoms. The maximum atomic E-state index is 10.9. The summed E-state index contributed by atoms with van der Waals surface area (Å²) in [6, 6.07) is 1.02. The minimum atomic E-state index is -1.88. The van der Waals surface area contributed by atoms with Crippen molar-refractivity contribution in [3.63, 3.8) is 0 Å². The highest BCUT2D eigenvalue weighted by Gasteiger charge is 2.27. The summed E-state index contributed by atoms with van der Waals surface area (Å²) in [4.78, 5) is 10.9. The second-order valence-corrected chi connectivity index (χ2v) is 8.01. The van der Waals surface area contributed by atoms with Gasteiger partial charge in [0, 0.05) is 20.6 Å². The van der Waals surface area contributed by atoms with Crippen LogP contribution in [0, 0.1) is 0 Å². The molecule has 0 aromatic heterocycles. The minimum absolute atomic E-state index is 0.140. The molecule has 0 aromatic carbocycles. The Kier molecular flexibility index (Phi) is 10.2. The molecule has 0 atom stereocenters. The predicted molar refractivity (Wildman–Crippen MR) is 73.8 cm³/mol. The Morgan fingerprint density at radius 1 is 1.06 bits per heavy atom. The zero-order valence-electron chi connectivity index (χ0n) is 12.1. The van der Waals surface area contributed by atoms with E-state index in [4.69, 9.17) is 8.85 Å². The van der Waals surface area contributed by atoms with E-state index in [0.29, 0.717) is 6.42 Å². The predicted octanol–water partition coefficient (Wildman–Crippen LogP) is 1.67. The molecule has 0 radical (unpaired) electrons. The van der Waals surface area contributed by atoms with Crippen LogP contribution in [0.1, 0.15) is 25.7 Å². The van der Waals surface area contributed by atoms with Crippen molar-refractivity contribution in [2.45, 2.75) is 38.3 Å². The summed E-state index contributed by atoms with van der Waals surface area (Å²) < 4.78 is 15.4. The van der Waals surface area contributed by atoms with Gasteiger partial charge in [0.2, 0.25) is 0 Å². The first-order chi connectivity index (χ1) is 8.58. The molecular formula is C12H27NO4Si. The van der Waals surface area contributed by atoms with Crippen LogP contribution in [0.2, 0.25) is 12.6 Å². The van der Waals surface area contributed by atoms with E-state index in [-0.39, 0.29) is 5.97 Å². The third kappa shape index (κ3) is 8.63. The fourth-order valence-corrected chi connectivity index (χ4v) is 3.04. The first kappa shape index (κ1) is 17.6. The Balaban J connectivity index is 3.33. The van der Waals surface area contributed by atoms with Gasteiger partial charge in [-0.15, -0.1) is 0 Å². The summed E-state index contributed by atoms with van der Waals surface area (Å²) in [7, 11) is 2.98. The Morgan fingerprint density at radius 3 is 2.22 bits per heavy atom. The van der Waals surface area contributed by atoms with E-state index >= 15 is 0 Å². The Hall–Kier alpha value is -0.433. The molecule has 0 unspecified atom stereocenters. The SMILES string of the molecule is COC(=O)CCCNCCCC[Si](C)(OC)OC. The molecule has 0 aliphatic heterocycles. The van der Waals surface area contributed by atoms with Crippen LogP contribution in [-0.2, 0) is 18.4 Å². The molecule has 0 bridgehead atoms. The van der Waals surface area contributed by atoms with Crippen LogP contribution in [0.25, 0.3) is 0 Å². The van der Waals surface area contributed by atoms with Crippen LogP contribution in [0.5, 0.6) is 0 Å². The molecule has 0 saturated heterocycles. The van der Waals surface area contributed by atoms with Crippen LogP contribution in [0.3, 0.4) is 0 Å². The lowest BCUT2D eigenvalue weighted by molar-refractivity contribution is -0.140. The molecule has 0 amide bonds. The van der Waals surface area contributed by atoms with Gasteiger partial charge < -0.3 is 18.9 Å². The number of carbonyl (C=O) groups excluding carboxylic acids is 1. The van der Waals surface area contributed by atoms with Gasteiger partial charge in [-0.25, -0.2) is 0 Å². The second kappa shape index (κ2) is 10.5. The van der Waals surface area contributed by atoms with Crippen molar-refractivity contribution in [2.24, 2.45) is 0 Å². The van der Waals surface area contributed by atoms with Gasteiger partial charge in [-0.3, -0.25) is 4.79 Å². The van der Waals surface area contributed by atoms with E-state index in [2.05, 4.69) is 16.6 Å². The van der Waals surface area contributed by atoms with Crippen LogP contribution >= 0.6 is 0 Å². The number of carbonyl (C=O) groups is 1. The lowest BCUT2D eigenvalue weighted by atomic mass is 10.3. The molecule has 0 saturated carbocycles. The van der Waals surface area contributed by atoms with Gasteiger partial charge in [0.25, 0.3) is 0 Å². The first-order valence-corrected chi connectivity index (χ1v) is 8.98. The summed E-state index contributed by atoms with van der Waals surface area (Å²) in [5.74, 6) is -0.140. The summed E-state index contributed by atoms with van der Waals surface area (Å²) in [5.41, 5.74) is 0. The quantitative estimate of drug-likeness (QED) is 0.354. The van der Waals surface area contributed by atoms with Crippen LogP contribution in [0.4, 0.5) is 0 Å². The number of hydrogen-bond acceptors (Lipinski definition) is 5. The average Bonchev–Trinajstić information content (AvgIpc) is 2.41. The van der Waals surface area contributed by atoms with E-state index in [0.717, 1.165) is 38.4 Å². The lowest BCUT2D eigenvalue weighted by Gasteiger charge is -2.22. The molecule has 0 aromatic rings. The third-order valence-electron chi connectivity index (χ3n) is 3.06. The molecule has 1 N–H and O–H groups in total. The monoisotopic (exact) mass is 277 g/mol. The molecule has 0 heterocycles. The molecule has 0 rings (SSSR count). The topological polar surface area (TPSA) is 56.8 Å². The van der Waals surface area contributed by atoms with Gasteiger partial charge in [-0.05, 0) is 38.5 Å². The summed E-state index contributed by atoms with van der Waals surface area (Å²) >= 11 is 0. The van der Waals surface area contributed by atoms with Crippen molar-refractivity contribution in [3.8, 4) is 0 Å². The van der Waals surface area contributed by atoms with Crippen LogP contribution < -0.4 is 5.32 Å². The first-order valence-electron chi connectivity index (χ1n) is 6.46. The molecule has 108 valence electrons. The van der Waals surface area contributed by atoms with Gasteiger partial charge in [-0.1, -0.05) is 6.42 Å². The maximum Gasteiger partial charge on any atom is 0.334 e. The largest absolute Gasteiger partial charge is 0.469 e. The van der Waals surface area contributed by atoms with Gasteiger partial charge in [0.1, 0.15) is 0 Å². The molecule has 6 heteroatoms. The smallest absolute Gasteiger partial charge is 0.334 e. The molecule has 0 aliphatic carbocycles. The Bertz CT molecular complexity index is 222. The van der Waals surface area contributed by atoms with Gasteiger partial charge in [0.05, 0.1) is 7.11 Å². The third-order valence-corrected chi connectivity index (χ3v) is 6.05. The normalized spacial score (nSPS) is 11.6. The number of rotatable bonds is 11. The highest BCUT2D eigenvalue weighted by molar-refractivity contribution is 6.65. The minimum Gasteiger partial charge on any atom is -0.469 e. The van der Waals surface area contributed by atoms with Crippen molar-refractivity contribution in [1.82, 2.24) is 5.32 Å². The summed E-state index contributed by atoms with van der Waals surface area (Å²) in [6.07, 6.45) is 3.53. The molecule has 0 spiro atoms. The Labute approximate surface area is 111 Å². The van der Waals surface area contributed by atoms with Crippen molar-refractivity contribution < 1.29 is 18.4 Å². The van der Waals surface area contributed by atoms with Gasteiger partial charge in [-0.2, -0.15) is 0 Å². The average molecular weight is 277 g/mol. The maximum absolute atomic E-state index is 10.9. The van der Waals surface area contributed by atoms with E-state index in [9.17, 15) is 4.79 Å². The zero-order valence-corrected chi connectivity index (χ0v) is 13.1. The highest BCUT2D eigenvalue weighted by atomic mass is 28.4. The fourth-order valence-electron chi connectivity index (χ4n) is 1.57. The number of esters is 1. The Morgan fingerprint density at radius 2 is 1.67 bits per heavy atom. The van der Waals surface area contributed by atoms with Crippen molar-refractivity contribution >= 4 is 14.5 Å². The zero-order chi connectivity index (χ0) is 13.9. The number of unbranched alkanes of at least 4 members (excludes halogenated alkanes) is 1. The van der Waals surface area contributed by atoms with E-state index in [1.54, 1.807) is 14.2 Å². The fraction of sp³-hybridized carbons (Fsp3) is 0.917. The molecule has 0 fully saturated rings. The van der Waals surface area contributed by atoms with E-state index in [1.807, 2.05) is 0 Å². The van der Waals surface area contributed by atoms with Crippen LogP contribution in [0.15, 0.2) is 0 Å². The lowest BCUT2D eigenvalue weighted by Crippen LogP contribution is -2.35. The van der Waals surface area contributed by atoms with E-state index in [1.165, 1.54) is 7.11 Å². The molecule has 0 aliphatic rings. The number of methoxy groups -OCH3 is 1.